The van der Waals surface area contributed by atoms with Gasteiger partial charge in [-0.15, -0.1) is 5.10 Å². The number of ether oxygens (including phenoxy) is 1. The van der Waals surface area contributed by atoms with Gasteiger partial charge in [-0.25, -0.2) is 4.68 Å². The maximum Gasteiger partial charge on any atom is 0.245 e. The second-order valence-electron chi connectivity index (χ2n) is 10.6. The van der Waals surface area contributed by atoms with Gasteiger partial charge in [0.15, 0.2) is 0 Å². The number of carbonyl (C=O) groups is 4. The van der Waals surface area contributed by atoms with Crippen LogP contribution in [0.3, 0.4) is 0 Å². The van der Waals surface area contributed by atoms with Crippen molar-refractivity contribution in [2.75, 3.05) is 6.61 Å². The van der Waals surface area contributed by atoms with Gasteiger partial charge in [-0.2, -0.15) is 0 Å². The molecular weight excluding hydrogens is 530 g/mol. The summed E-state index contributed by atoms with van der Waals surface area (Å²) < 4.78 is 7.35. The van der Waals surface area contributed by atoms with Gasteiger partial charge in [0.25, 0.3) is 0 Å². The lowest BCUT2D eigenvalue weighted by molar-refractivity contribution is -0.135. The van der Waals surface area contributed by atoms with E-state index in [0.29, 0.717) is 37.4 Å². The van der Waals surface area contributed by atoms with E-state index in [1.165, 1.54) is 6.92 Å². The third-order valence-corrected chi connectivity index (χ3v) is 6.71. The molecule has 4 rings (SSSR count). The highest BCUT2D eigenvalue weighted by Gasteiger charge is 2.32. The average Bonchev–Trinajstić information content (AvgIpc) is 3.38. The largest absolute Gasteiger partial charge is 0.492 e. The molecule has 4 amide bonds. The smallest absolute Gasteiger partial charge is 0.245 e. The quantitative estimate of drug-likeness (QED) is 0.316. The molecule has 2 aliphatic rings. The molecule has 4 bridgehead atoms. The zero-order valence-electron chi connectivity index (χ0n) is 24.1. The van der Waals surface area contributed by atoms with Crippen LogP contribution in [0, 0.1) is 5.92 Å². The van der Waals surface area contributed by atoms with E-state index >= 15 is 0 Å². The summed E-state index contributed by atoms with van der Waals surface area (Å²) >= 11 is 0. The first-order chi connectivity index (χ1) is 19.6. The Morgan fingerprint density at radius 3 is 2.39 bits per heavy atom. The molecule has 4 atom stereocenters. The van der Waals surface area contributed by atoms with E-state index in [1.54, 1.807) is 49.0 Å². The molecule has 0 aliphatic carbocycles. The van der Waals surface area contributed by atoms with Crippen molar-refractivity contribution >= 4 is 23.6 Å². The van der Waals surface area contributed by atoms with E-state index in [4.69, 9.17) is 4.74 Å². The van der Waals surface area contributed by atoms with Crippen molar-refractivity contribution in [3.8, 4) is 5.75 Å². The topological polar surface area (TPSA) is 177 Å². The Morgan fingerprint density at radius 1 is 1.00 bits per heavy atom. The van der Waals surface area contributed by atoms with Crippen LogP contribution >= 0.6 is 0 Å². The molecule has 0 unspecified atom stereocenters. The zero-order valence-corrected chi connectivity index (χ0v) is 24.1. The number of aliphatic hydroxyl groups excluding tert-OH is 1. The van der Waals surface area contributed by atoms with Crippen LogP contribution in [-0.4, -0.2) is 74.6 Å². The van der Waals surface area contributed by atoms with Gasteiger partial charge in [0.2, 0.25) is 23.6 Å². The first-order valence-corrected chi connectivity index (χ1v) is 14.0. The van der Waals surface area contributed by atoms with Crippen LogP contribution < -0.4 is 26.0 Å². The fraction of sp³-hybridized carbons (Fsp3) is 0.571. The summed E-state index contributed by atoms with van der Waals surface area (Å²) in [5, 5.41) is 29.2. The van der Waals surface area contributed by atoms with Gasteiger partial charge < -0.3 is 31.1 Å². The molecule has 2 aliphatic heterocycles. The number of aliphatic hydroxyl groups is 1. The Kier molecular flexibility index (Phi) is 11.6. The molecule has 0 radical (unpaired) electrons. The van der Waals surface area contributed by atoms with Crippen LogP contribution in [0.5, 0.6) is 5.75 Å². The highest BCUT2D eigenvalue weighted by molar-refractivity contribution is 5.94. The molecule has 13 heteroatoms. The SMILES string of the molecule is CCCC[C@@H]1NC(=O)[C@@H](C(C)C)NC(=O)Cc2ccc(cc2)OCCn2cc(nn2)CNC(=O)[C@H]([C@@H](C)O)NC1=O. The third kappa shape index (κ3) is 9.55. The molecule has 2 aromatic rings. The number of fused-ring (bicyclic) bond motifs is 16. The van der Waals surface area contributed by atoms with Crippen molar-refractivity contribution in [2.24, 2.45) is 5.92 Å². The number of nitrogens with zero attached hydrogens (tertiary/aromatic N) is 3. The van der Waals surface area contributed by atoms with Crippen molar-refractivity contribution < 1.29 is 29.0 Å². The number of amides is 4. The Morgan fingerprint density at radius 2 is 1.73 bits per heavy atom. The summed E-state index contributed by atoms with van der Waals surface area (Å²) in [6, 6.07) is 3.99. The number of rotatable bonds is 5. The van der Waals surface area contributed by atoms with Crippen LogP contribution in [0.25, 0.3) is 0 Å². The summed E-state index contributed by atoms with van der Waals surface area (Å²) in [6.45, 7) is 7.71. The van der Waals surface area contributed by atoms with Crippen molar-refractivity contribution in [2.45, 2.75) is 90.7 Å². The van der Waals surface area contributed by atoms with Gasteiger partial charge >= 0.3 is 0 Å². The molecule has 0 saturated heterocycles. The second kappa shape index (κ2) is 15.1. The molecule has 1 aromatic carbocycles. The van der Waals surface area contributed by atoms with Gasteiger partial charge in [0.1, 0.15) is 36.2 Å². The molecule has 5 N–H and O–H groups in total. The lowest BCUT2D eigenvalue weighted by Gasteiger charge is -2.27. The van der Waals surface area contributed by atoms with Crippen LogP contribution in [0.1, 0.15) is 58.2 Å². The van der Waals surface area contributed by atoms with Crippen LogP contribution in [0.15, 0.2) is 30.5 Å². The number of hydrogen-bond donors (Lipinski definition) is 5. The summed E-state index contributed by atoms with van der Waals surface area (Å²) in [6.07, 6.45) is 2.24. The van der Waals surface area contributed by atoms with E-state index in [0.717, 1.165) is 12.0 Å². The van der Waals surface area contributed by atoms with Crippen molar-refractivity contribution in [1.82, 2.24) is 36.3 Å². The molecule has 3 heterocycles. The Labute approximate surface area is 239 Å². The summed E-state index contributed by atoms with van der Waals surface area (Å²) in [5.41, 5.74) is 1.24. The highest BCUT2D eigenvalue weighted by Crippen LogP contribution is 2.14. The fourth-order valence-corrected chi connectivity index (χ4v) is 4.32. The van der Waals surface area contributed by atoms with Crippen LogP contribution in [-0.2, 0) is 38.7 Å². The number of nitrogens with one attached hydrogen (secondary N) is 4. The normalized spacial score (nSPS) is 22.2. The molecular formula is C28H41N7O6. The average molecular weight is 572 g/mol. The maximum atomic E-state index is 13.3. The monoisotopic (exact) mass is 571 g/mol. The van der Waals surface area contributed by atoms with E-state index < -0.39 is 42.0 Å². The molecule has 224 valence electrons. The first kappa shape index (κ1) is 31.5. The van der Waals surface area contributed by atoms with Crippen molar-refractivity contribution in [3.05, 3.63) is 41.7 Å². The standard InChI is InChI=1S/C28H41N7O6/c1-5-6-7-22-26(38)32-25(18(4)36)27(39)29-15-20-16-35(34-33-20)12-13-41-21-10-8-19(9-11-21)14-23(37)31-24(17(2)3)28(40)30-22/h8-11,16-18,22,24-25,36H,5-7,12-15H2,1-4H3,(H,29,39)(H,30,40)(H,31,37)(H,32,38)/t18-,22+,24-,25+/m1/s1. The third-order valence-electron chi connectivity index (χ3n) is 6.71. The minimum atomic E-state index is -1.27. The fourth-order valence-electron chi connectivity index (χ4n) is 4.32. The Bertz CT molecular complexity index is 1180. The summed E-state index contributed by atoms with van der Waals surface area (Å²) in [5.74, 6) is -1.69. The lowest BCUT2D eigenvalue weighted by Crippen LogP contribution is -2.59. The second-order valence-corrected chi connectivity index (χ2v) is 10.6. The van der Waals surface area contributed by atoms with E-state index in [2.05, 4.69) is 31.6 Å². The minimum Gasteiger partial charge on any atom is -0.492 e. The van der Waals surface area contributed by atoms with Crippen LogP contribution in [0.4, 0.5) is 0 Å². The molecule has 0 spiro atoms. The Balaban J connectivity index is 1.86. The molecule has 0 saturated carbocycles. The van der Waals surface area contributed by atoms with Gasteiger partial charge in [-0.1, -0.05) is 51.0 Å². The predicted octanol–water partition coefficient (Wildman–Crippen LogP) is 0.211. The Hall–Kier alpha value is -4.00. The number of hydrogen-bond acceptors (Lipinski definition) is 8. The van der Waals surface area contributed by atoms with E-state index in [9.17, 15) is 24.3 Å². The number of benzene rings is 1. The van der Waals surface area contributed by atoms with Crippen molar-refractivity contribution in [3.63, 3.8) is 0 Å². The summed E-state index contributed by atoms with van der Waals surface area (Å²) in [4.78, 5) is 52.3. The zero-order chi connectivity index (χ0) is 29.9. The predicted molar refractivity (Wildman–Crippen MR) is 149 cm³/mol. The molecule has 0 fully saturated rings. The van der Waals surface area contributed by atoms with Gasteiger partial charge in [-0.3, -0.25) is 19.2 Å². The molecule has 41 heavy (non-hydrogen) atoms. The maximum absolute atomic E-state index is 13.3. The number of aromatic nitrogens is 3. The molecule has 1 aromatic heterocycles. The van der Waals surface area contributed by atoms with Crippen LogP contribution in [0.2, 0.25) is 0 Å². The molecule has 13 nitrogen and oxygen atoms in total. The number of unbranched alkanes of at least 4 members (excludes halogenated alkanes) is 1. The van der Waals surface area contributed by atoms with E-state index in [1.807, 2.05) is 6.92 Å². The first-order valence-electron chi connectivity index (χ1n) is 14.0. The van der Waals surface area contributed by atoms with E-state index in [-0.39, 0.29) is 24.8 Å². The minimum absolute atomic E-state index is 0.0337. The highest BCUT2D eigenvalue weighted by atomic mass is 16.5. The summed E-state index contributed by atoms with van der Waals surface area (Å²) in [7, 11) is 0. The van der Waals surface area contributed by atoms with Gasteiger partial charge in [0.05, 0.1) is 31.8 Å². The van der Waals surface area contributed by atoms with Gasteiger partial charge in [0, 0.05) is 0 Å². The number of carbonyl (C=O) groups excluding carboxylic acids is 4. The lowest BCUT2D eigenvalue weighted by atomic mass is 10.0. The van der Waals surface area contributed by atoms with Crippen molar-refractivity contribution in [1.29, 1.82) is 0 Å². The van der Waals surface area contributed by atoms with Gasteiger partial charge in [-0.05, 0) is 37.0 Å².